The summed E-state index contributed by atoms with van der Waals surface area (Å²) in [6, 6.07) is 9.52. The number of amides is 1. The topological polar surface area (TPSA) is 98.5 Å². The Labute approximate surface area is 159 Å². The number of halogens is 2. The van der Waals surface area contributed by atoms with Crippen molar-refractivity contribution in [3.8, 4) is 0 Å². The normalized spacial score (nSPS) is 11.5. The summed E-state index contributed by atoms with van der Waals surface area (Å²) in [5.41, 5.74) is 0.408. The van der Waals surface area contributed by atoms with Crippen LogP contribution in [0.4, 0.5) is 5.69 Å². The Morgan fingerprint density at radius 1 is 1.23 bits per heavy atom. The number of nitrogens with zero attached hydrogens (tertiary/aromatic N) is 1. The maximum atomic E-state index is 12.0. The van der Waals surface area contributed by atoms with Gasteiger partial charge in [0.2, 0.25) is 0 Å². The summed E-state index contributed by atoms with van der Waals surface area (Å²) in [7, 11) is 0. The molecule has 7 nitrogen and oxygen atoms in total. The lowest BCUT2D eigenvalue weighted by Crippen LogP contribution is -2.31. The van der Waals surface area contributed by atoms with E-state index >= 15 is 0 Å². The van der Waals surface area contributed by atoms with E-state index in [1.165, 1.54) is 18.2 Å². The number of hydrogen-bond donors (Lipinski definition) is 1. The van der Waals surface area contributed by atoms with Gasteiger partial charge in [-0.15, -0.1) is 0 Å². The predicted octanol–water partition coefficient (Wildman–Crippen LogP) is 3.94. The first kappa shape index (κ1) is 19.7. The number of carbonyl (C=O) groups is 2. The predicted molar refractivity (Wildman–Crippen MR) is 96.4 cm³/mol. The van der Waals surface area contributed by atoms with Crippen LogP contribution in [-0.2, 0) is 9.53 Å². The molecule has 0 bridgehead atoms. The van der Waals surface area contributed by atoms with Crippen LogP contribution in [0.1, 0.15) is 28.9 Å². The number of non-ortho nitro benzene ring substituents is 1. The van der Waals surface area contributed by atoms with Crippen LogP contribution in [-0.4, -0.2) is 23.4 Å². The van der Waals surface area contributed by atoms with E-state index in [-0.39, 0.29) is 11.3 Å². The van der Waals surface area contributed by atoms with Crippen LogP contribution >= 0.6 is 23.2 Å². The fourth-order valence-electron chi connectivity index (χ4n) is 2.17. The number of nitro groups is 1. The minimum atomic E-state index is -0.832. The number of ether oxygens (including phenoxy) is 1. The molecule has 2 aromatic carbocycles. The zero-order valence-electron chi connectivity index (χ0n) is 13.6. The number of hydrogen-bond acceptors (Lipinski definition) is 5. The van der Waals surface area contributed by atoms with Gasteiger partial charge in [-0.25, -0.2) is 4.79 Å². The Morgan fingerprint density at radius 3 is 2.62 bits per heavy atom. The molecule has 0 aliphatic heterocycles. The van der Waals surface area contributed by atoms with Crippen molar-refractivity contribution in [1.82, 2.24) is 5.32 Å². The van der Waals surface area contributed by atoms with E-state index in [0.717, 1.165) is 6.07 Å². The second-order valence-electron chi connectivity index (χ2n) is 5.34. The van der Waals surface area contributed by atoms with Crippen molar-refractivity contribution in [3.63, 3.8) is 0 Å². The SMILES string of the molecule is C[C@H](NC(=O)COC(=O)c1cccc([N+](=O)[O-])c1)c1ccc(Cl)cc1Cl. The van der Waals surface area contributed by atoms with Crippen LogP contribution < -0.4 is 5.32 Å². The summed E-state index contributed by atoms with van der Waals surface area (Å²) < 4.78 is 4.88. The van der Waals surface area contributed by atoms with Gasteiger partial charge in [-0.1, -0.05) is 35.3 Å². The van der Waals surface area contributed by atoms with Crippen LogP contribution in [0.25, 0.3) is 0 Å². The molecule has 0 spiro atoms. The molecule has 0 aliphatic rings. The third kappa shape index (κ3) is 5.18. The third-order valence-electron chi connectivity index (χ3n) is 3.43. The van der Waals surface area contributed by atoms with E-state index in [4.69, 9.17) is 27.9 Å². The highest BCUT2D eigenvalue weighted by Gasteiger charge is 2.16. The lowest BCUT2D eigenvalue weighted by molar-refractivity contribution is -0.384. The Kier molecular flexibility index (Phi) is 6.54. The molecule has 136 valence electrons. The maximum absolute atomic E-state index is 12.0. The lowest BCUT2D eigenvalue weighted by atomic mass is 10.1. The van der Waals surface area contributed by atoms with Gasteiger partial charge in [-0.2, -0.15) is 0 Å². The summed E-state index contributed by atoms with van der Waals surface area (Å²) in [4.78, 5) is 34.0. The van der Waals surface area contributed by atoms with Gasteiger partial charge in [-0.3, -0.25) is 14.9 Å². The van der Waals surface area contributed by atoms with Gasteiger partial charge in [0.05, 0.1) is 16.5 Å². The molecule has 2 rings (SSSR count). The van der Waals surface area contributed by atoms with Gasteiger partial charge in [0.15, 0.2) is 6.61 Å². The van der Waals surface area contributed by atoms with Crippen LogP contribution in [0.2, 0.25) is 10.0 Å². The highest BCUT2D eigenvalue weighted by molar-refractivity contribution is 6.35. The van der Waals surface area contributed by atoms with Crippen molar-refractivity contribution in [3.05, 3.63) is 73.8 Å². The Hall–Kier alpha value is -2.64. The summed E-state index contributed by atoms with van der Waals surface area (Å²) in [6.07, 6.45) is 0. The highest BCUT2D eigenvalue weighted by atomic mass is 35.5. The van der Waals surface area contributed by atoms with Crippen molar-refractivity contribution in [1.29, 1.82) is 0 Å². The van der Waals surface area contributed by atoms with Gasteiger partial charge in [0.1, 0.15) is 0 Å². The Morgan fingerprint density at radius 2 is 1.96 bits per heavy atom. The van der Waals surface area contributed by atoms with Crippen LogP contribution in [0.15, 0.2) is 42.5 Å². The molecule has 0 saturated heterocycles. The second-order valence-corrected chi connectivity index (χ2v) is 6.18. The van der Waals surface area contributed by atoms with E-state index in [1.54, 1.807) is 25.1 Å². The molecule has 0 heterocycles. The summed E-state index contributed by atoms with van der Waals surface area (Å²) in [5.74, 6) is -1.37. The molecule has 1 amide bonds. The van der Waals surface area contributed by atoms with Gasteiger partial charge in [0, 0.05) is 22.2 Å². The Bertz CT molecular complexity index is 857. The molecule has 1 N–H and O–H groups in total. The molecule has 26 heavy (non-hydrogen) atoms. The summed E-state index contributed by atoms with van der Waals surface area (Å²) in [5, 5.41) is 14.2. The molecule has 0 radical (unpaired) electrons. The Balaban J connectivity index is 1.92. The van der Waals surface area contributed by atoms with E-state index in [2.05, 4.69) is 5.32 Å². The molecule has 0 fully saturated rings. The smallest absolute Gasteiger partial charge is 0.338 e. The van der Waals surface area contributed by atoms with Crippen LogP contribution in [0.5, 0.6) is 0 Å². The minimum Gasteiger partial charge on any atom is -0.452 e. The molecule has 9 heteroatoms. The number of carbonyl (C=O) groups excluding carboxylic acids is 2. The van der Waals surface area contributed by atoms with Crippen LogP contribution in [0.3, 0.4) is 0 Å². The number of nitro benzene ring substituents is 1. The van der Waals surface area contributed by atoms with Crippen molar-refractivity contribution >= 4 is 40.8 Å². The van der Waals surface area contributed by atoms with Gasteiger partial charge >= 0.3 is 5.97 Å². The highest BCUT2D eigenvalue weighted by Crippen LogP contribution is 2.26. The molecule has 0 aromatic heterocycles. The van der Waals surface area contributed by atoms with Crippen LogP contribution in [0, 0.1) is 10.1 Å². The van der Waals surface area contributed by atoms with Gasteiger partial charge < -0.3 is 10.1 Å². The van der Waals surface area contributed by atoms with Crippen molar-refractivity contribution in [2.24, 2.45) is 0 Å². The number of nitrogens with one attached hydrogen (secondary N) is 1. The first-order valence-electron chi connectivity index (χ1n) is 7.44. The zero-order chi connectivity index (χ0) is 19.3. The minimum absolute atomic E-state index is 0.0132. The average Bonchev–Trinajstić information content (AvgIpc) is 2.59. The van der Waals surface area contributed by atoms with E-state index in [1.807, 2.05) is 0 Å². The molecular formula is C17H14Cl2N2O5. The monoisotopic (exact) mass is 396 g/mol. The van der Waals surface area contributed by atoms with Crippen molar-refractivity contribution < 1.29 is 19.2 Å². The van der Waals surface area contributed by atoms with Gasteiger partial charge in [-0.05, 0) is 30.7 Å². The molecule has 0 unspecified atom stereocenters. The first-order chi connectivity index (χ1) is 12.3. The summed E-state index contributed by atoms with van der Waals surface area (Å²) >= 11 is 11.9. The molecule has 0 saturated carbocycles. The lowest BCUT2D eigenvalue weighted by Gasteiger charge is -2.16. The molecule has 2 aromatic rings. The van der Waals surface area contributed by atoms with E-state index in [0.29, 0.717) is 15.6 Å². The fourth-order valence-corrected chi connectivity index (χ4v) is 2.75. The first-order valence-corrected chi connectivity index (χ1v) is 8.19. The average molecular weight is 397 g/mol. The van der Waals surface area contributed by atoms with Gasteiger partial charge in [0.25, 0.3) is 11.6 Å². The largest absolute Gasteiger partial charge is 0.452 e. The molecular weight excluding hydrogens is 383 g/mol. The number of rotatable bonds is 6. The fraction of sp³-hybridized carbons (Fsp3) is 0.176. The van der Waals surface area contributed by atoms with Crippen molar-refractivity contribution in [2.75, 3.05) is 6.61 Å². The number of benzene rings is 2. The molecule has 0 aliphatic carbocycles. The third-order valence-corrected chi connectivity index (χ3v) is 4.00. The van der Waals surface area contributed by atoms with Crippen molar-refractivity contribution in [2.45, 2.75) is 13.0 Å². The molecule has 1 atom stereocenters. The summed E-state index contributed by atoms with van der Waals surface area (Å²) in [6.45, 7) is 1.19. The van der Waals surface area contributed by atoms with E-state index < -0.39 is 29.4 Å². The zero-order valence-corrected chi connectivity index (χ0v) is 15.1. The number of esters is 1. The second kappa shape index (κ2) is 8.64. The quantitative estimate of drug-likeness (QED) is 0.452. The standard InChI is InChI=1S/C17H14Cl2N2O5/c1-10(14-6-5-12(18)8-15(14)19)20-16(22)9-26-17(23)11-3-2-4-13(7-11)21(24)25/h2-8,10H,9H2,1H3,(H,20,22)/t10-/m0/s1. The van der Waals surface area contributed by atoms with E-state index in [9.17, 15) is 19.7 Å². The maximum Gasteiger partial charge on any atom is 0.338 e.